The molecule has 13 nitrogen and oxygen atoms in total. The number of aliphatic carboxylic acids is 1. The Morgan fingerprint density at radius 1 is 1.21 bits per heavy atom. The number of aromatic nitrogens is 2. The number of para-hydroxylation sites is 2. The molecule has 3 aromatic rings. The van der Waals surface area contributed by atoms with Gasteiger partial charge < -0.3 is 29.3 Å². The van der Waals surface area contributed by atoms with Crippen LogP contribution in [0.2, 0.25) is 0 Å². The summed E-state index contributed by atoms with van der Waals surface area (Å²) in [7, 11) is -4.41. The molecule has 2 aromatic carbocycles. The molecule has 232 valence electrons. The van der Waals surface area contributed by atoms with Gasteiger partial charge in [0.25, 0.3) is 0 Å². The Kier molecular flexibility index (Phi) is 11.2. The minimum atomic E-state index is -4.41. The summed E-state index contributed by atoms with van der Waals surface area (Å²) in [5.41, 5.74) is 1.98. The number of hydrogen-bond donors (Lipinski definition) is 3. The average Bonchev–Trinajstić information content (AvgIpc) is 3.38. The van der Waals surface area contributed by atoms with E-state index in [1.807, 2.05) is 35.8 Å². The lowest BCUT2D eigenvalue weighted by Gasteiger charge is -2.30. The standard InChI is InChI=1S/C28H35N5O8S2/c1-19(28(42-14-11-32-9-12-40-13-10-32)33-18-29-23-5-3-4-6-24(23)33)41-25-15-21(30-20(2)35)7-8-26(25)43(38,39)31-22(17-34)16-27(36)37/h3-8,15,17-19,22,28,31H,9-14,16H2,1-2H3,(H,30,35)(H,36,37)/t19-,22?,28?/m1/s1. The molecule has 1 fully saturated rings. The highest BCUT2D eigenvalue weighted by Gasteiger charge is 2.29. The Labute approximate surface area is 254 Å². The Morgan fingerprint density at radius 2 is 1.95 bits per heavy atom. The highest BCUT2D eigenvalue weighted by Crippen LogP contribution is 2.35. The monoisotopic (exact) mass is 633 g/mol. The molecule has 4 rings (SSSR count). The van der Waals surface area contributed by atoms with Crippen molar-refractivity contribution < 1.29 is 37.4 Å². The van der Waals surface area contributed by atoms with E-state index in [0.717, 1.165) is 36.4 Å². The molecule has 1 saturated heterocycles. The number of carboxylic acid groups (broad SMARTS) is 1. The summed E-state index contributed by atoms with van der Waals surface area (Å²) >= 11 is 1.63. The normalized spacial score (nSPS) is 16.3. The predicted molar refractivity (Wildman–Crippen MR) is 162 cm³/mol. The number of carbonyl (C=O) groups excluding carboxylic acids is 2. The fourth-order valence-electron chi connectivity index (χ4n) is 4.68. The Morgan fingerprint density at radius 3 is 2.65 bits per heavy atom. The number of carboxylic acids is 1. The fraction of sp³-hybridized carbons (Fsp3) is 0.429. The number of anilines is 1. The number of nitrogens with one attached hydrogen (secondary N) is 2. The van der Waals surface area contributed by atoms with Gasteiger partial charge in [0.1, 0.15) is 28.4 Å². The Bertz CT molecular complexity index is 1540. The zero-order chi connectivity index (χ0) is 31.0. The van der Waals surface area contributed by atoms with Gasteiger partial charge in [-0.1, -0.05) is 12.1 Å². The summed E-state index contributed by atoms with van der Waals surface area (Å²) in [6, 6.07) is 10.2. The number of amides is 1. The molecule has 1 aliphatic rings. The van der Waals surface area contributed by atoms with Crippen LogP contribution >= 0.6 is 11.8 Å². The molecule has 3 N–H and O–H groups in total. The van der Waals surface area contributed by atoms with Crippen molar-refractivity contribution in [2.45, 2.75) is 42.7 Å². The van der Waals surface area contributed by atoms with Crippen LogP contribution < -0.4 is 14.8 Å². The average molecular weight is 634 g/mol. The van der Waals surface area contributed by atoms with Crippen LogP contribution in [0.5, 0.6) is 5.75 Å². The molecular formula is C28H35N5O8S2. The van der Waals surface area contributed by atoms with Gasteiger partial charge >= 0.3 is 5.97 Å². The first kappa shape index (κ1) is 32.4. The largest absolute Gasteiger partial charge is 0.486 e. The summed E-state index contributed by atoms with van der Waals surface area (Å²) in [6.45, 7) is 7.02. The third-order valence-electron chi connectivity index (χ3n) is 6.69. The molecule has 1 aromatic heterocycles. The number of ether oxygens (including phenoxy) is 2. The highest BCUT2D eigenvalue weighted by molar-refractivity contribution is 7.99. The zero-order valence-electron chi connectivity index (χ0n) is 23.8. The number of hydrogen-bond acceptors (Lipinski definition) is 10. The van der Waals surface area contributed by atoms with Crippen molar-refractivity contribution in [1.29, 1.82) is 0 Å². The first-order valence-corrected chi connectivity index (χ1v) is 16.2. The van der Waals surface area contributed by atoms with Crippen LogP contribution in [-0.2, 0) is 29.1 Å². The van der Waals surface area contributed by atoms with Crippen molar-refractivity contribution in [2.24, 2.45) is 0 Å². The van der Waals surface area contributed by atoms with E-state index in [9.17, 15) is 22.8 Å². The van der Waals surface area contributed by atoms with Crippen molar-refractivity contribution in [3.8, 4) is 5.75 Å². The molecule has 0 saturated carbocycles. The molecule has 1 amide bonds. The maximum atomic E-state index is 13.4. The van der Waals surface area contributed by atoms with E-state index in [2.05, 4.69) is 19.9 Å². The number of benzene rings is 2. The van der Waals surface area contributed by atoms with E-state index in [1.54, 1.807) is 18.1 Å². The molecule has 1 aliphatic heterocycles. The number of imidazole rings is 1. The molecule has 0 bridgehead atoms. The lowest BCUT2D eigenvalue weighted by Crippen LogP contribution is -2.38. The molecule has 15 heteroatoms. The second-order valence-corrected chi connectivity index (χ2v) is 12.9. The summed E-state index contributed by atoms with van der Waals surface area (Å²) in [5, 5.41) is 11.4. The number of sulfonamides is 1. The number of rotatable bonds is 15. The van der Waals surface area contributed by atoms with Crippen LogP contribution in [0.4, 0.5) is 5.69 Å². The first-order valence-electron chi connectivity index (χ1n) is 13.7. The minimum Gasteiger partial charge on any atom is -0.486 e. The fourth-order valence-corrected chi connectivity index (χ4v) is 7.22. The molecule has 0 aliphatic carbocycles. The molecule has 2 heterocycles. The van der Waals surface area contributed by atoms with Gasteiger partial charge in [-0.05, 0) is 31.2 Å². The molecule has 43 heavy (non-hydrogen) atoms. The second kappa shape index (κ2) is 14.8. The Balaban J connectivity index is 1.66. The number of morpholine rings is 1. The third-order valence-corrected chi connectivity index (χ3v) is 9.59. The van der Waals surface area contributed by atoms with E-state index in [0.29, 0.717) is 18.9 Å². The third kappa shape index (κ3) is 8.76. The first-order chi connectivity index (χ1) is 20.6. The smallest absolute Gasteiger partial charge is 0.305 e. The van der Waals surface area contributed by atoms with E-state index in [-0.39, 0.29) is 28.2 Å². The predicted octanol–water partition coefficient (Wildman–Crippen LogP) is 2.35. The quantitative estimate of drug-likeness (QED) is 0.210. The lowest BCUT2D eigenvalue weighted by atomic mass is 10.2. The van der Waals surface area contributed by atoms with Crippen LogP contribution in [0.15, 0.2) is 53.7 Å². The van der Waals surface area contributed by atoms with Gasteiger partial charge in [-0.15, -0.1) is 11.8 Å². The molecular weight excluding hydrogens is 598 g/mol. The molecule has 2 unspecified atom stereocenters. The van der Waals surface area contributed by atoms with Crippen molar-refractivity contribution in [2.75, 3.05) is 43.9 Å². The van der Waals surface area contributed by atoms with E-state index < -0.39 is 34.6 Å². The zero-order valence-corrected chi connectivity index (χ0v) is 25.5. The summed E-state index contributed by atoms with van der Waals surface area (Å²) < 4.78 is 42.7. The van der Waals surface area contributed by atoms with Gasteiger partial charge in [0, 0.05) is 44.1 Å². The molecule has 3 atom stereocenters. The second-order valence-electron chi connectivity index (χ2n) is 9.98. The lowest BCUT2D eigenvalue weighted by molar-refractivity contribution is -0.138. The number of fused-ring (bicyclic) bond motifs is 1. The minimum absolute atomic E-state index is 0.0746. The van der Waals surface area contributed by atoms with Crippen molar-refractivity contribution in [1.82, 2.24) is 19.2 Å². The molecule has 0 radical (unpaired) electrons. The van der Waals surface area contributed by atoms with Crippen LogP contribution in [0.25, 0.3) is 11.0 Å². The van der Waals surface area contributed by atoms with Crippen molar-refractivity contribution >= 4 is 56.7 Å². The maximum Gasteiger partial charge on any atom is 0.305 e. The van der Waals surface area contributed by atoms with E-state index >= 15 is 0 Å². The van der Waals surface area contributed by atoms with Crippen LogP contribution in [0, 0.1) is 0 Å². The summed E-state index contributed by atoms with van der Waals surface area (Å²) in [5.74, 6) is -1.03. The summed E-state index contributed by atoms with van der Waals surface area (Å²) in [6.07, 6.45) is 0.611. The van der Waals surface area contributed by atoms with Crippen LogP contribution in [-0.4, -0.2) is 96.9 Å². The van der Waals surface area contributed by atoms with Gasteiger partial charge in [0.2, 0.25) is 15.9 Å². The van der Waals surface area contributed by atoms with Gasteiger partial charge in [0.15, 0.2) is 0 Å². The van der Waals surface area contributed by atoms with Gasteiger partial charge in [-0.2, -0.15) is 0 Å². The topological polar surface area (TPSA) is 169 Å². The van der Waals surface area contributed by atoms with Crippen LogP contribution in [0.1, 0.15) is 25.6 Å². The SMILES string of the molecule is CC(=O)Nc1ccc(S(=O)(=O)NC(C=O)CC(=O)O)c(O[C@H](C)C(SCCN2CCOCC2)n2cnc3ccccc32)c1. The van der Waals surface area contributed by atoms with Gasteiger partial charge in [0.05, 0.1) is 43.0 Å². The van der Waals surface area contributed by atoms with Crippen molar-refractivity contribution in [3.05, 3.63) is 48.8 Å². The highest BCUT2D eigenvalue weighted by atomic mass is 32.2. The Hall–Kier alpha value is -3.50. The number of nitrogens with zero attached hydrogens (tertiary/aromatic N) is 3. The number of thioether (sulfide) groups is 1. The van der Waals surface area contributed by atoms with E-state index in [1.165, 1.54) is 25.1 Å². The molecule has 0 spiro atoms. The maximum absolute atomic E-state index is 13.4. The number of carbonyl (C=O) groups is 3. The van der Waals surface area contributed by atoms with Gasteiger partial charge in [-0.25, -0.2) is 18.1 Å². The van der Waals surface area contributed by atoms with Crippen molar-refractivity contribution in [3.63, 3.8) is 0 Å². The summed E-state index contributed by atoms with van der Waals surface area (Å²) in [4.78, 5) is 40.9. The number of aldehydes is 1. The van der Waals surface area contributed by atoms with E-state index in [4.69, 9.17) is 14.6 Å². The van der Waals surface area contributed by atoms with Crippen LogP contribution in [0.3, 0.4) is 0 Å². The van der Waals surface area contributed by atoms with Gasteiger partial charge in [-0.3, -0.25) is 14.5 Å².